The molecule has 1 saturated carbocycles. The Morgan fingerprint density at radius 3 is 2.55 bits per heavy atom. The average molecular weight is 554 g/mol. The fourth-order valence-electron chi connectivity index (χ4n) is 5.90. The molecule has 10 heteroatoms. The molecule has 1 saturated heterocycles. The SMILES string of the molecule is CNC(O)c1cc(C(=O)NC2[C@H]3CN(C(=O)OC(C)(C)C)C[C@@H]23)cc2c1O[C@H](C)[C@H]2c1cccc(OCCO)c1. The van der Waals surface area contributed by atoms with Crippen molar-refractivity contribution in [3.8, 4) is 11.5 Å². The van der Waals surface area contributed by atoms with Gasteiger partial charge in [0.2, 0.25) is 0 Å². The summed E-state index contributed by atoms with van der Waals surface area (Å²) in [6, 6.07) is 11.1. The topological polar surface area (TPSA) is 130 Å². The number of likely N-dealkylation sites (tertiary alicyclic amines) is 1. The normalized spacial score (nSPS) is 25.5. The number of aliphatic hydroxyl groups excluding tert-OH is 2. The molecule has 2 aliphatic heterocycles. The molecule has 2 unspecified atom stereocenters. The minimum Gasteiger partial charge on any atom is -0.491 e. The Morgan fingerprint density at radius 1 is 1.18 bits per heavy atom. The molecule has 216 valence electrons. The Labute approximate surface area is 234 Å². The van der Waals surface area contributed by atoms with Gasteiger partial charge in [-0.3, -0.25) is 10.1 Å². The lowest BCUT2D eigenvalue weighted by Crippen LogP contribution is -2.40. The highest BCUT2D eigenvalue weighted by Gasteiger charge is 2.58. The Hall–Kier alpha value is -3.34. The third-order valence-corrected chi connectivity index (χ3v) is 7.81. The Balaban J connectivity index is 1.35. The van der Waals surface area contributed by atoms with Crippen molar-refractivity contribution in [2.24, 2.45) is 11.8 Å². The molecular formula is C30H39N3O7. The molecule has 0 radical (unpaired) electrons. The van der Waals surface area contributed by atoms with Gasteiger partial charge in [0.05, 0.1) is 6.61 Å². The van der Waals surface area contributed by atoms with Crippen LogP contribution in [0.2, 0.25) is 0 Å². The van der Waals surface area contributed by atoms with Crippen molar-refractivity contribution in [3.05, 3.63) is 58.7 Å². The van der Waals surface area contributed by atoms with Crippen LogP contribution < -0.4 is 20.1 Å². The highest BCUT2D eigenvalue weighted by atomic mass is 16.6. The highest BCUT2D eigenvalue weighted by Crippen LogP contribution is 2.48. The largest absolute Gasteiger partial charge is 0.491 e. The molecule has 10 nitrogen and oxygen atoms in total. The number of carbonyl (C=O) groups excluding carboxylic acids is 2. The number of piperidine rings is 1. The van der Waals surface area contributed by atoms with E-state index >= 15 is 0 Å². The molecule has 2 amide bonds. The summed E-state index contributed by atoms with van der Waals surface area (Å²) in [7, 11) is 1.64. The van der Waals surface area contributed by atoms with E-state index in [1.807, 2.05) is 58.0 Å². The second kappa shape index (κ2) is 10.9. The molecule has 40 heavy (non-hydrogen) atoms. The second-order valence-corrected chi connectivity index (χ2v) is 11.8. The molecule has 3 aliphatic rings. The van der Waals surface area contributed by atoms with E-state index in [1.165, 1.54) is 0 Å². The Kier molecular flexibility index (Phi) is 7.69. The zero-order valence-corrected chi connectivity index (χ0v) is 23.6. The van der Waals surface area contributed by atoms with Crippen molar-refractivity contribution >= 4 is 12.0 Å². The molecule has 0 spiro atoms. The summed E-state index contributed by atoms with van der Waals surface area (Å²) >= 11 is 0. The zero-order chi connectivity index (χ0) is 28.8. The first-order valence-electron chi connectivity index (χ1n) is 13.8. The van der Waals surface area contributed by atoms with Crippen LogP contribution in [0.4, 0.5) is 4.79 Å². The molecule has 0 aromatic heterocycles. The van der Waals surface area contributed by atoms with Crippen LogP contribution in [0.3, 0.4) is 0 Å². The van der Waals surface area contributed by atoms with Crippen LogP contribution in [-0.4, -0.2) is 78.2 Å². The zero-order valence-electron chi connectivity index (χ0n) is 23.6. The van der Waals surface area contributed by atoms with Gasteiger partial charge in [-0.2, -0.15) is 0 Å². The van der Waals surface area contributed by atoms with E-state index in [-0.39, 0.29) is 55.1 Å². The summed E-state index contributed by atoms with van der Waals surface area (Å²) in [4.78, 5) is 27.6. The van der Waals surface area contributed by atoms with Gasteiger partial charge in [0.15, 0.2) is 0 Å². The van der Waals surface area contributed by atoms with Gasteiger partial charge < -0.3 is 34.6 Å². The van der Waals surface area contributed by atoms with Crippen LogP contribution in [0.1, 0.15) is 66.9 Å². The first-order valence-corrected chi connectivity index (χ1v) is 13.8. The average Bonchev–Trinajstić information content (AvgIpc) is 3.22. The maximum absolute atomic E-state index is 13.5. The molecule has 2 aromatic rings. The fourth-order valence-corrected chi connectivity index (χ4v) is 5.90. The van der Waals surface area contributed by atoms with Crippen molar-refractivity contribution in [2.45, 2.75) is 57.6 Å². The maximum Gasteiger partial charge on any atom is 0.410 e. The van der Waals surface area contributed by atoms with Crippen LogP contribution in [-0.2, 0) is 4.74 Å². The number of aliphatic hydroxyl groups is 2. The standard InChI is InChI=1S/C30H39N3O7/c1-16-24(17-7-6-8-19(11-17)38-10-9-34)20-12-18(13-21(26(20)39-16)28(36)31-5)27(35)32-25-22-14-33(15-23(22)25)29(37)40-30(2,3)4/h6-8,11-13,16,22-25,28,31,34,36H,9-10,14-15H2,1-5H3,(H,32,35)/t16-,22-,23+,24+,25?,28?/m1/s1. The van der Waals surface area contributed by atoms with Crippen LogP contribution >= 0.6 is 0 Å². The van der Waals surface area contributed by atoms with Crippen LogP contribution in [0.15, 0.2) is 36.4 Å². The molecule has 2 heterocycles. The molecular weight excluding hydrogens is 514 g/mol. The van der Waals surface area contributed by atoms with Gasteiger partial charge in [0.25, 0.3) is 5.91 Å². The third kappa shape index (κ3) is 5.61. The van der Waals surface area contributed by atoms with E-state index in [9.17, 15) is 14.7 Å². The molecule has 2 fully saturated rings. The number of carbonyl (C=O) groups is 2. The van der Waals surface area contributed by atoms with Crippen LogP contribution in [0.5, 0.6) is 11.5 Å². The summed E-state index contributed by atoms with van der Waals surface area (Å²) < 4.78 is 17.3. The highest BCUT2D eigenvalue weighted by molar-refractivity contribution is 5.95. The third-order valence-electron chi connectivity index (χ3n) is 7.81. The van der Waals surface area contributed by atoms with Crippen LogP contribution in [0, 0.1) is 11.8 Å². The number of ether oxygens (including phenoxy) is 3. The lowest BCUT2D eigenvalue weighted by atomic mass is 9.86. The molecule has 1 aliphatic carbocycles. The van der Waals surface area contributed by atoms with Crippen LogP contribution in [0.25, 0.3) is 0 Å². The predicted molar refractivity (Wildman–Crippen MR) is 147 cm³/mol. The van der Waals surface area contributed by atoms with E-state index in [1.54, 1.807) is 18.0 Å². The fraction of sp³-hybridized carbons (Fsp3) is 0.533. The number of rotatable bonds is 8. The van der Waals surface area contributed by atoms with Crippen molar-refractivity contribution < 1.29 is 34.0 Å². The summed E-state index contributed by atoms with van der Waals surface area (Å²) in [5.74, 6) is 1.18. The van der Waals surface area contributed by atoms with Crippen molar-refractivity contribution in [1.82, 2.24) is 15.5 Å². The number of fused-ring (bicyclic) bond motifs is 2. The number of hydrogen-bond acceptors (Lipinski definition) is 8. The molecule has 4 N–H and O–H groups in total. The smallest absolute Gasteiger partial charge is 0.410 e. The summed E-state index contributed by atoms with van der Waals surface area (Å²) in [6.07, 6.45) is -1.58. The first-order chi connectivity index (χ1) is 19.0. The van der Waals surface area contributed by atoms with Gasteiger partial charge in [-0.1, -0.05) is 12.1 Å². The monoisotopic (exact) mass is 553 g/mol. The Bertz CT molecular complexity index is 1260. The summed E-state index contributed by atoms with van der Waals surface area (Å²) in [5, 5.41) is 25.9. The van der Waals surface area contributed by atoms with Gasteiger partial charge in [-0.25, -0.2) is 4.79 Å². The van der Waals surface area contributed by atoms with Gasteiger partial charge in [0, 0.05) is 53.6 Å². The molecule has 0 bridgehead atoms. The van der Waals surface area contributed by atoms with Gasteiger partial charge in [-0.05, 0) is 64.6 Å². The predicted octanol–water partition coefficient (Wildman–Crippen LogP) is 2.78. The number of nitrogens with zero attached hydrogens (tertiary/aromatic N) is 1. The number of benzene rings is 2. The second-order valence-electron chi connectivity index (χ2n) is 11.8. The van der Waals surface area contributed by atoms with Gasteiger partial charge in [-0.15, -0.1) is 0 Å². The Morgan fingerprint density at radius 2 is 1.90 bits per heavy atom. The van der Waals surface area contributed by atoms with E-state index in [4.69, 9.17) is 19.3 Å². The number of amides is 2. The van der Waals surface area contributed by atoms with Crippen molar-refractivity contribution in [1.29, 1.82) is 0 Å². The van der Waals surface area contributed by atoms with E-state index < -0.39 is 11.8 Å². The van der Waals surface area contributed by atoms with E-state index in [2.05, 4.69) is 10.6 Å². The summed E-state index contributed by atoms with van der Waals surface area (Å²) in [5.41, 5.74) is 2.15. The maximum atomic E-state index is 13.5. The lowest BCUT2D eigenvalue weighted by molar-refractivity contribution is 0.0270. The number of hydrogen-bond donors (Lipinski definition) is 4. The minimum atomic E-state index is -1.02. The lowest BCUT2D eigenvalue weighted by Gasteiger charge is -2.26. The van der Waals surface area contributed by atoms with E-state index in [0.717, 1.165) is 11.1 Å². The van der Waals surface area contributed by atoms with E-state index in [0.29, 0.717) is 35.7 Å². The first kappa shape index (κ1) is 28.2. The van der Waals surface area contributed by atoms with Gasteiger partial charge in [0.1, 0.15) is 36.0 Å². The summed E-state index contributed by atoms with van der Waals surface area (Å²) in [6.45, 7) is 8.72. The van der Waals surface area contributed by atoms with Crippen molar-refractivity contribution in [3.63, 3.8) is 0 Å². The quantitative estimate of drug-likeness (QED) is 0.368. The molecule has 2 aromatic carbocycles. The molecule has 5 rings (SSSR count). The molecule has 6 atom stereocenters. The minimum absolute atomic E-state index is 0.0107. The van der Waals surface area contributed by atoms with Crippen molar-refractivity contribution in [2.75, 3.05) is 33.4 Å². The van der Waals surface area contributed by atoms with Gasteiger partial charge >= 0.3 is 6.09 Å². The number of nitrogens with one attached hydrogen (secondary N) is 2.